The molecule has 0 bridgehead atoms. The highest BCUT2D eigenvalue weighted by atomic mass is 32.2. The Morgan fingerprint density at radius 3 is 1.79 bits per heavy atom. The Hall–Kier alpha value is -1.51. The number of alkyl halides is 9. The lowest BCUT2D eigenvalue weighted by Gasteiger charge is -2.33. The van der Waals surface area contributed by atoms with Crippen LogP contribution in [0.25, 0.3) is 0 Å². The molecule has 0 amide bonds. The molecule has 142 valence electrons. The first-order valence-corrected chi connectivity index (χ1v) is 6.88. The van der Waals surface area contributed by atoms with E-state index in [1.165, 1.54) is 0 Å². The molecule has 0 heterocycles. The van der Waals surface area contributed by atoms with Crippen LogP contribution in [0.2, 0.25) is 0 Å². The minimum Gasteiger partial charge on any atom is -0.443 e. The summed E-state index contributed by atoms with van der Waals surface area (Å²) < 4.78 is 140. The van der Waals surface area contributed by atoms with Crippen molar-refractivity contribution < 1.29 is 57.5 Å². The van der Waals surface area contributed by atoms with Crippen LogP contribution in [-0.2, 0) is 19.6 Å². The second kappa shape index (κ2) is 6.42. The van der Waals surface area contributed by atoms with Crippen LogP contribution in [-0.4, -0.2) is 43.9 Å². The second-order valence-electron chi connectivity index (χ2n) is 4.07. The molecule has 0 aliphatic rings. The van der Waals surface area contributed by atoms with Crippen molar-refractivity contribution in [1.29, 1.82) is 0 Å². The van der Waals surface area contributed by atoms with Crippen molar-refractivity contribution in [3.05, 3.63) is 12.7 Å². The van der Waals surface area contributed by atoms with E-state index in [1.807, 2.05) is 0 Å². The Morgan fingerprint density at radius 1 is 1.04 bits per heavy atom. The summed E-state index contributed by atoms with van der Waals surface area (Å²) >= 11 is 0. The highest BCUT2D eigenvalue weighted by molar-refractivity contribution is 7.90. The Kier molecular flexibility index (Phi) is 6.02. The largest absolute Gasteiger partial charge is 0.460 e. The van der Waals surface area contributed by atoms with Gasteiger partial charge in [0.1, 0.15) is 0 Å². The van der Waals surface area contributed by atoms with Gasteiger partial charge in [-0.1, -0.05) is 6.58 Å². The summed E-state index contributed by atoms with van der Waals surface area (Å²) in [5, 5.41) is -6.91. The quantitative estimate of drug-likeness (QED) is 0.310. The minimum atomic E-state index is -7.38. The van der Waals surface area contributed by atoms with Crippen molar-refractivity contribution in [1.82, 2.24) is 4.72 Å². The van der Waals surface area contributed by atoms with Crippen LogP contribution in [0.15, 0.2) is 12.7 Å². The molecule has 15 heteroatoms. The van der Waals surface area contributed by atoms with E-state index in [4.69, 9.17) is 0 Å². The predicted octanol–water partition coefficient (Wildman–Crippen LogP) is 2.41. The molecule has 1 N–H and O–H groups in total. The van der Waals surface area contributed by atoms with Gasteiger partial charge in [-0.3, -0.25) is 0 Å². The van der Waals surface area contributed by atoms with Gasteiger partial charge in [-0.2, -0.15) is 44.2 Å². The average Bonchev–Trinajstić information content (AvgIpc) is 2.35. The molecule has 0 aliphatic carbocycles. The molecule has 5 nitrogen and oxygen atoms in total. The summed E-state index contributed by atoms with van der Waals surface area (Å²) in [5.74, 6) is -16.2. The van der Waals surface area contributed by atoms with E-state index < -0.39 is 45.5 Å². The van der Waals surface area contributed by atoms with Crippen molar-refractivity contribution in [3.8, 4) is 0 Å². The first-order chi connectivity index (χ1) is 10.3. The molecular weight excluding hydrogens is 389 g/mol. The van der Waals surface area contributed by atoms with Crippen molar-refractivity contribution in [2.24, 2.45) is 0 Å². The van der Waals surface area contributed by atoms with Gasteiger partial charge in [0.2, 0.25) is 0 Å². The van der Waals surface area contributed by atoms with Gasteiger partial charge in [0.15, 0.2) is 6.23 Å². The van der Waals surface area contributed by atoms with Crippen LogP contribution in [0.1, 0.15) is 6.92 Å². The van der Waals surface area contributed by atoms with Crippen LogP contribution in [0.3, 0.4) is 0 Å². The lowest BCUT2D eigenvalue weighted by Crippen LogP contribution is -2.65. The molecule has 0 saturated carbocycles. The number of esters is 1. The SMILES string of the molecule is C=CC(=O)OC(C)NS(=O)(=O)C(F)(F)C(F)(F)C(F)(F)C(F)(F)F. The highest BCUT2D eigenvalue weighted by Crippen LogP contribution is 2.54. The number of carbonyl (C=O) groups is 1. The molecule has 0 fully saturated rings. The molecule has 0 aromatic rings. The maximum absolute atomic E-state index is 13.2. The number of halogens is 9. The highest BCUT2D eigenvalue weighted by Gasteiger charge is 2.85. The molecule has 0 spiro atoms. The van der Waals surface area contributed by atoms with E-state index in [0.29, 0.717) is 17.7 Å². The van der Waals surface area contributed by atoms with Crippen LogP contribution in [0.4, 0.5) is 39.5 Å². The molecule has 0 aliphatic heterocycles. The maximum Gasteiger partial charge on any atom is 0.460 e. The van der Waals surface area contributed by atoms with Crippen molar-refractivity contribution in [2.75, 3.05) is 0 Å². The molecule has 0 rings (SSSR count). The van der Waals surface area contributed by atoms with E-state index in [-0.39, 0.29) is 0 Å². The predicted molar refractivity (Wildman–Crippen MR) is 58.7 cm³/mol. The van der Waals surface area contributed by atoms with Crippen molar-refractivity contribution >= 4 is 16.0 Å². The first kappa shape index (κ1) is 22.5. The first-order valence-electron chi connectivity index (χ1n) is 5.40. The molecule has 0 aromatic carbocycles. The summed E-state index contributed by atoms with van der Waals surface area (Å²) in [6, 6.07) is 0. The molecular formula is C9H8F9NO4S. The van der Waals surface area contributed by atoms with Gasteiger partial charge in [-0.15, -0.1) is 0 Å². The Balaban J connectivity index is 5.78. The summed E-state index contributed by atoms with van der Waals surface area (Å²) in [6.45, 7) is 3.31. The van der Waals surface area contributed by atoms with Gasteiger partial charge in [0, 0.05) is 6.08 Å². The van der Waals surface area contributed by atoms with Gasteiger partial charge < -0.3 is 4.74 Å². The zero-order chi connectivity index (χ0) is 19.8. The number of hydrogen-bond acceptors (Lipinski definition) is 4. The zero-order valence-electron chi connectivity index (χ0n) is 11.3. The number of hydrogen-bond donors (Lipinski definition) is 1. The Bertz CT molecular complexity index is 599. The zero-order valence-corrected chi connectivity index (χ0v) is 12.1. The second-order valence-corrected chi connectivity index (χ2v) is 5.82. The lowest BCUT2D eigenvalue weighted by atomic mass is 10.1. The van der Waals surface area contributed by atoms with Gasteiger partial charge >= 0.3 is 29.2 Å². The number of nitrogens with one attached hydrogen (secondary N) is 1. The van der Waals surface area contributed by atoms with Crippen LogP contribution >= 0.6 is 0 Å². The topological polar surface area (TPSA) is 72.5 Å². The standard InChI is InChI=1S/C9H8F9NO4S/c1-3-5(20)23-4(2)19-24(21,22)9(17,18)7(12,13)6(10,11)8(14,15)16/h3-4,19H,1H2,2H3. The molecule has 0 radical (unpaired) electrons. The van der Waals surface area contributed by atoms with E-state index in [1.54, 1.807) is 0 Å². The molecule has 0 saturated heterocycles. The molecule has 1 unspecified atom stereocenters. The Labute approximate surface area is 128 Å². The fourth-order valence-electron chi connectivity index (χ4n) is 1.07. The summed E-state index contributed by atoms with van der Waals surface area (Å²) in [4.78, 5) is 10.7. The molecule has 24 heavy (non-hydrogen) atoms. The fourth-order valence-corrected chi connectivity index (χ4v) is 2.17. The van der Waals surface area contributed by atoms with E-state index in [9.17, 15) is 52.7 Å². The third-order valence-corrected chi connectivity index (χ3v) is 3.81. The summed E-state index contributed by atoms with van der Waals surface area (Å²) in [7, 11) is -6.84. The number of rotatable bonds is 7. The fraction of sp³-hybridized carbons (Fsp3) is 0.667. The third-order valence-electron chi connectivity index (χ3n) is 2.23. The Morgan fingerprint density at radius 2 is 1.46 bits per heavy atom. The van der Waals surface area contributed by atoms with Crippen LogP contribution in [0, 0.1) is 0 Å². The summed E-state index contributed by atoms with van der Waals surface area (Å²) in [5.41, 5.74) is 0. The number of ether oxygens (including phenoxy) is 1. The van der Waals surface area contributed by atoms with Gasteiger partial charge in [-0.25, -0.2) is 13.2 Å². The smallest absolute Gasteiger partial charge is 0.443 e. The molecule has 1 atom stereocenters. The van der Waals surface area contributed by atoms with E-state index in [2.05, 4.69) is 11.3 Å². The lowest BCUT2D eigenvalue weighted by molar-refractivity contribution is -0.382. The summed E-state index contributed by atoms with van der Waals surface area (Å²) in [6.07, 6.45) is -9.08. The van der Waals surface area contributed by atoms with Crippen molar-refractivity contribution in [2.45, 2.75) is 36.4 Å². The van der Waals surface area contributed by atoms with Gasteiger partial charge in [0.05, 0.1) is 0 Å². The van der Waals surface area contributed by atoms with Crippen LogP contribution in [0.5, 0.6) is 0 Å². The minimum absolute atomic E-state index is 0.398. The number of sulfonamides is 1. The monoisotopic (exact) mass is 397 g/mol. The third kappa shape index (κ3) is 3.76. The van der Waals surface area contributed by atoms with E-state index in [0.717, 1.165) is 0 Å². The van der Waals surface area contributed by atoms with E-state index >= 15 is 0 Å². The van der Waals surface area contributed by atoms with Gasteiger partial charge in [0.25, 0.3) is 10.0 Å². The maximum atomic E-state index is 13.2. The molecule has 0 aromatic heterocycles. The normalized spacial score (nSPS) is 15.8. The van der Waals surface area contributed by atoms with Crippen LogP contribution < -0.4 is 4.72 Å². The average molecular weight is 397 g/mol. The van der Waals surface area contributed by atoms with Crippen molar-refractivity contribution in [3.63, 3.8) is 0 Å². The number of carbonyl (C=O) groups excluding carboxylic acids is 1. The van der Waals surface area contributed by atoms with Gasteiger partial charge in [-0.05, 0) is 6.92 Å².